The molecule has 1 aromatic rings. The molecule has 0 saturated carbocycles. The highest BCUT2D eigenvalue weighted by Gasteiger charge is 2.39. The highest BCUT2D eigenvalue weighted by molar-refractivity contribution is 9.10. The standard InChI is InChI=1S/C15H28BrN3O2/c1-6-15(7-2,21-5)14(17-8-3)13-12(16)11-18-19(13)9-10-20-4/h11,14,17H,6-10H2,1-5H3. The van der Waals surface area contributed by atoms with Crippen molar-refractivity contribution in [1.82, 2.24) is 15.1 Å². The lowest BCUT2D eigenvalue weighted by molar-refractivity contribution is -0.0507. The van der Waals surface area contributed by atoms with Gasteiger partial charge in [0.2, 0.25) is 0 Å². The highest BCUT2D eigenvalue weighted by Crippen LogP contribution is 2.37. The fourth-order valence-electron chi connectivity index (χ4n) is 2.82. The summed E-state index contributed by atoms with van der Waals surface area (Å²) in [4.78, 5) is 0. The fourth-order valence-corrected chi connectivity index (χ4v) is 3.34. The summed E-state index contributed by atoms with van der Waals surface area (Å²) >= 11 is 3.64. The number of rotatable bonds is 10. The molecule has 0 fully saturated rings. The van der Waals surface area contributed by atoms with E-state index < -0.39 is 0 Å². The summed E-state index contributed by atoms with van der Waals surface area (Å²) in [5.41, 5.74) is 0.878. The van der Waals surface area contributed by atoms with Crippen molar-refractivity contribution in [3.05, 3.63) is 16.4 Å². The van der Waals surface area contributed by atoms with Crippen LogP contribution in [0.3, 0.4) is 0 Å². The zero-order valence-corrected chi connectivity index (χ0v) is 15.4. The minimum absolute atomic E-state index is 0.0798. The summed E-state index contributed by atoms with van der Waals surface area (Å²) in [6.45, 7) is 8.69. The van der Waals surface area contributed by atoms with Crippen molar-refractivity contribution in [2.24, 2.45) is 0 Å². The summed E-state index contributed by atoms with van der Waals surface area (Å²) in [6, 6.07) is 0.0798. The number of nitrogens with one attached hydrogen (secondary N) is 1. The fraction of sp³-hybridized carbons (Fsp3) is 0.800. The van der Waals surface area contributed by atoms with Crippen molar-refractivity contribution in [3.63, 3.8) is 0 Å². The van der Waals surface area contributed by atoms with Gasteiger partial charge in [-0.05, 0) is 35.3 Å². The maximum atomic E-state index is 5.93. The number of aromatic nitrogens is 2. The number of methoxy groups -OCH3 is 2. The summed E-state index contributed by atoms with van der Waals surface area (Å²) in [6.07, 6.45) is 3.71. The molecule has 1 heterocycles. The molecule has 21 heavy (non-hydrogen) atoms. The van der Waals surface area contributed by atoms with Crippen molar-refractivity contribution >= 4 is 15.9 Å². The van der Waals surface area contributed by atoms with E-state index in [1.165, 1.54) is 0 Å². The highest BCUT2D eigenvalue weighted by atomic mass is 79.9. The molecule has 122 valence electrons. The molecule has 0 aromatic carbocycles. The van der Waals surface area contributed by atoms with Crippen LogP contribution in [0, 0.1) is 0 Å². The maximum Gasteiger partial charge on any atom is 0.0882 e. The average Bonchev–Trinajstić information content (AvgIpc) is 2.87. The maximum absolute atomic E-state index is 5.93. The average molecular weight is 362 g/mol. The number of likely N-dealkylation sites (N-methyl/N-ethyl adjacent to an activating group) is 1. The second kappa shape index (κ2) is 8.88. The Kier molecular flexibility index (Phi) is 7.87. The van der Waals surface area contributed by atoms with Crippen LogP contribution in [0.4, 0.5) is 0 Å². The number of halogens is 1. The van der Waals surface area contributed by atoms with E-state index >= 15 is 0 Å². The number of hydrogen-bond acceptors (Lipinski definition) is 4. The van der Waals surface area contributed by atoms with Crippen LogP contribution in [0.5, 0.6) is 0 Å². The van der Waals surface area contributed by atoms with E-state index in [1.807, 2.05) is 10.9 Å². The molecule has 0 bridgehead atoms. The van der Waals surface area contributed by atoms with Gasteiger partial charge in [-0.3, -0.25) is 4.68 Å². The van der Waals surface area contributed by atoms with Crippen molar-refractivity contribution in [1.29, 1.82) is 0 Å². The van der Waals surface area contributed by atoms with Gasteiger partial charge in [-0.1, -0.05) is 20.8 Å². The van der Waals surface area contributed by atoms with Gasteiger partial charge < -0.3 is 14.8 Å². The summed E-state index contributed by atoms with van der Waals surface area (Å²) in [5.74, 6) is 0. The van der Waals surface area contributed by atoms with Crippen LogP contribution in [-0.4, -0.2) is 42.8 Å². The van der Waals surface area contributed by atoms with Gasteiger partial charge in [0.05, 0.1) is 41.2 Å². The molecular weight excluding hydrogens is 334 g/mol. The molecule has 6 heteroatoms. The van der Waals surface area contributed by atoms with E-state index in [-0.39, 0.29) is 11.6 Å². The normalized spacial score (nSPS) is 13.6. The monoisotopic (exact) mass is 361 g/mol. The lowest BCUT2D eigenvalue weighted by Gasteiger charge is -2.39. The molecule has 1 aromatic heterocycles. The summed E-state index contributed by atoms with van der Waals surface area (Å²) in [7, 11) is 3.50. The Morgan fingerprint density at radius 2 is 2.00 bits per heavy atom. The molecule has 0 spiro atoms. The first-order chi connectivity index (χ1) is 10.1. The molecule has 0 amide bonds. The molecule has 5 nitrogen and oxygen atoms in total. The van der Waals surface area contributed by atoms with Crippen LogP contribution in [0.15, 0.2) is 10.7 Å². The molecule has 0 radical (unpaired) electrons. The topological polar surface area (TPSA) is 48.3 Å². The Morgan fingerprint density at radius 1 is 1.33 bits per heavy atom. The molecule has 0 aliphatic rings. The second-order valence-electron chi connectivity index (χ2n) is 5.06. The number of hydrogen-bond donors (Lipinski definition) is 1. The van der Waals surface area contributed by atoms with Crippen LogP contribution in [0.2, 0.25) is 0 Å². The van der Waals surface area contributed by atoms with Crippen molar-refractivity contribution in [2.45, 2.75) is 51.8 Å². The van der Waals surface area contributed by atoms with Gasteiger partial charge in [0.1, 0.15) is 0 Å². The van der Waals surface area contributed by atoms with E-state index in [0.29, 0.717) is 6.61 Å². The Morgan fingerprint density at radius 3 is 2.48 bits per heavy atom. The zero-order chi connectivity index (χ0) is 15.9. The third-order valence-corrected chi connectivity index (χ3v) is 4.76. The van der Waals surface area contributed by atoms with Gasteiger partial charge in [-0.25, -0.2) is 0 Å². The van der Waals surface area contributed by atoms with Crippen LogP contribution >= 0.6 is 15.9 Å². The lowest BCUT2D eigenvalue weighted by Crippen LogP contribution is -2.46. The van der Waals surface area contributed by atoms with E-state index in [9.17, 15) is 0 Å². The molecule has 0 aliphatic heterocycles. The number of nitrogens with zero attached hydrogens (tertiary/aromatic N) is 2. The second-order valence-corrected chi connectivity index (χ2v) is 5.91. The quantitative estimate of drug-likeness (QED) is 0.695. The lowest BCUT2D eigenvalue weighted by atomic mass is 9.86. The predicted molar refractivity (Wildman–Crippen MR) is 88.5 cm³/mol. The van der Waals surface area contributed by atoms with Crippen LogP contribution in [-0.2, 0) is 16.0 Å². The van der Waals surface area contributed by atoms with Gasteiger partial charge in [0.15, 0.2) is 0 Å². The summed E-state index contributed by atoms with van der Waals surface area (Å²) < 4.78 is 14.1. The van der Waals surface area contributed by atoms with E-state index in [2.05, 4.69) is 47.1 Å². The molecule has 0 saturated heterocycles. The molecule has 0 aliphatic carbocycles. The van der Waals surface area contributed by atoms with Gasteiger partial charge in [0.25, 0.3) is 0 Å². The molecular formula is C15H28BrN3O2. The first-order valence-electron chi connectivity index (χ1n) is 7.58. The van der Waals surface area contributed by atoms with Crippen molar-refractivity contribution in [3.8, 4) is 0 Å². The molecule has 1 N–H and O–H groups in total. The Bertz CT molecular complexity index is 411. The first kappa shape index (κ1) is 18.6. The Hall–Kier alpha value is -0.430. The SMILES string of the molecule is CCNC(c1c(Br)cnn1CCOC)C(CC)(CC)OC. The molecule has 1 unspecified atom stereocenters. The van der Waals surface area contributed by atoms with E-state index in [0.717, 1.165) is 36.1 Å². The van der Waals surface area contributed by atoms with Crippen LogP contribution < -0.4 is 5.32 Å². The predicted octanol–water partition coefficient (Wildman–Crippen LogP) is 3.15. The minimum Gasteiger partial charge on any atom is -0.383 e. The Labute approximate surface area is 136 Å². The van der Waals surface area contributed by atoms with Gasteiger partial charge in [-0.2, -0.15) is 5.10 Å². The van der Waals surface area contributed by atoms with E-state index in [4.69, 9.17) is 9.47 Å². The van der Waals surface area contributed by atoms with Gasteiger partial charge in [0, 0.05) is 14.2 Å². The largest absolute Gasteiger partial charge is 0.383 e. The van der Waals surface area contributed by atoms with Crippen LogP contribution in [0.25, 0.3) is 0 Å². The first-order valence-corrected chi connectivity index (χ1v) is 8.38. The van der Waals surface area contributed by atoms with Crippen molar-refractivity contribution < 1.29 is 9.47 Å². The third kappa shape index (κ3) is 4.06. The van der Waals surface area contributed by atoms with E-state index in [1.54, 1.807) is 14.2 Å². The van der Waals surface area contributed by atoms with Crippen LogP contribution in [0.1, 0.15) is 45.3 Å². The third-order valence-electron chi connectivity index (χ3n) is 4.15. The number of ether oxygens (including phenoxy) is 2. The molecule has 1 rings (SSSR count). The Balaban J connectivity index is 3.24. The minimum atomic E-state index is -0.247. The smallest absolute Gasteiger partial charge is 0.0882 e. The van der Waals surface area contributed by atoms with Gasteiger partial charge in [-0.15, -0.1) is 0 Å². The molecule has 1 atom stereocenters. The zero-order valence-electron chi connectivity index (χ0n) is 13.8. The van der Waals surface area contributed by atoms with Crippen molar-refractivity contribution in [2.75, 3.05) is 27.4 Å². The summed E-state index contributed by atoms with van der Waals surface area (Å²) in [5, 5.41) is 8.05. The van der Waals surface area contributed by atoms with Gasteiger partial charge >= 0.3 is 0 Å².